The molecule has 0 aliphatic rings. The van der Waals surface area contributed by atoms with Crippen molar-refractivity contribution in [2.75, 3.05) is 6.54 Å². The molecule has 0 saturated carbocycles. The van der Waals surface area contributed by atoms with Crippen molar-refractivity contribution < 1.29 is 13.6 Å². The summed E-state index contributed by atoms with van der Waals surface area (Å²) in [6.45, 7) is 0.418. The first-order chi connectivity index (χ1) is 9.15. The fourth-order valence-electron chi connectivity index (χ4n) is 1.58. The van der Waals surface area contributed by atoms with E-state index >= 15 is 0 Å². The summed E-state index contributed by atoms with van der Waals surface area (Å²) in [6, 6.07) is 8.59. The molecule has 0 aliphatic carbocycles. The molecule has 3 nitrogen and oxygen atoms in total. The number of carbonyl (C=O) groups excluding carboxylic acids is 1. The van der Waals surface area contributed by atoms with Gasteiger partial charge < -0.3 is 5.32 Å². The maximum atomic E-state index is 12.7. The number of benzene rings is 1. The van der Waals surface area contributed by atoms with Gasteiger partial charge in [0.2, 0.25) is 5.95 Å². The first-order valence-corrected chi connectivity index (χ1v) is 5.79. The number of carbonyl (C=O) groups is 1. The smallest absolute Gasteiger partial charge is 0.252 e. The van der Waals surface area contributed by atoms with Gasteiger partial charge in [-0.3, -0.25) is 4.79 Å². The number of hydrogen-bond acceptors (Lipinski definition) is 2. The van der Waals surface area contributed by atoms with Gasteiger partial charge in [-0.2, -0.15) is 4.39 Å². The van der Waals surface area contributed by atoms with E-state index in [0.717, 1.165) is 11.6 Å². The van der Waals surface area contributed by atoms with Crippen molar-refractivity contribution in [3.63, 3.8) is 0 Å². The van der Waals surface area contributed by atoms with Crippen LogP contribution in [0.3, 0.4) is 0 Å². The summed E-state index contributed by atoms with van der Waals surface area (Å²) in [5, 5.41) is 2.69. The summed E-state index contributed by atoms with van der Waals surface area (Å²) in [6.07, 6.45) is 1.78. The highest BCUT2D eigenvalue weighted by Gasteiger charge is 2.05. The lowest BCUT2D eigenvalue weighted by molar-refractivity contribution is 0.0953. The van der Waals surface area contributed by atoms with E-state index in [1.807, 2.05) is 0 Å². The van der Waals surface area contributed by atoms with Gasteiger partial charge >= 0.3 is 0 Å². The predicted molar refractivity (Wildman–Crippen MR) is 66.6 cm³/mol. The van der Waals surface area contributed by atoms with Crippen LogP contribution in [0.4, 0.5) is 8.78 Å². The molecular formula is C14H12F2N2O. The topological polar surface area (TPSA) is 42.0 Å². The molecule has 2 rings (SSSR count). The van der Waals surface area contributed by atoms with E-state index in [9.17, 15) is 13.6 Å². The lowest BCUT2D eigenvalue weighted by atomic mass is 10.1. The fraction of sp³-hybridized carbons (Fsp3) is 0.143. The van der Waals surface area contributed by atoms with Gasteiger partial charge in [0.15, 0.2) is 0 Å². The summed E-state index contributed by atoms with van der Waals surface area (Å²) in [5.74, 6) is -1.22. The van der Waals surface area contributed by atoms with Gasteiger partial charge in [-0.15, -0.1) is 0 Å². The van der Waals surface area contributed by atoms with Crippen molar-refractivity contribution in [2.24, 2.45) is 0 Å². The SMILES string of the molecule is O=C(NCCc1ccc(F)cc1)c1ccc(F)nc1. The Kier molecular flexibility index (Phi) is 4.18. The Morgan fingerprint density at radius 3 is 2.47 bits per heavy atom. The molecule has 1 N–H and O–H groups in total. The van der Waals surface area contributed by atoms with Gasteiger partial charge in [-0.1, -0.05) is 12.1 Å². The quantitative estimate of drug-likeness (QED) is 0.859. The van der Waals surface area contributed by atoms with E-state index in [0.29, 0.717) is 18.5 Å². The Labute approximate surface area is 109 Å². The van der Waals surface area contributed by atoms with E-state index in [2.05, 4.69) is 10.3 Å². The molecule has 1 aromatic heterocycles. The Morgan fingerprint density at radius 2 is 1.84 bits per heavy atom. The molecule has 2 aromatic rings. The maximum Gasteiger partial charge on any atom is 0.252 e. The third-order valence-corrected chi connectivity index (χ3v) is 2.60. The fourth-order valence-corrected chi connectivity index (χ4v) is 1.58. The molecule has 0 radical (unpaired) electrons. The van der Waals surface area contributed by atoms with Crippen LogP contribution in [0.15, 0.2) is 42.6 Å². The zero-order valence-electron chi connectivity index (χ0n) is 10.1. The second-order valence-corrected chi connectivity index (χ2v) is 4.00. The summed E-state index contributed by atoms with van der Waals surface area (Å²) in [4.78, 5) is 15.1. The highest BCUT2D eigenvalue weighted by Crippen LogP contribution is 2.03. The second-order valence-electron chi connectivity index (χ2n) is 4.00. The molecule has 0 unspecified atom stereocenters. The first-order valence-electron chi connectivity index (χ1n) is 5.79. The van der Waals surface area contributed by atoms with Crippen LogP contribution in [0.25, 0.3) is 0 Å². The van der Waals surface area contributed by atoms with Crippen LogP contribution in [0.5, 0.6) is 0 Å². The molecule has 0 spiro atoms. The van der Waals surface area contributed by atoms with Gasteiger partial charge in [0.05, 0.1) is 5.56 Å². The van der Waals surface area contributed by atoms with E-state index in [1.54, 1.807) is 12.1 Å². The number of amides is 1. The molecule has 0 bridgehead atoms. The largest absolute Gasteiger partial charge is 0.352 e. The molecule has 1 heterocycles. The minimum Gasteiger partial charge on any atom is -0.352 e. The molecule has 19 heavy (non-hydrogen) atoms. The van der Waals surface area contributed by atoms with Crippen molar-refractivity contribution in [3.05, 3.63) is 65.5 Å². The van der Waals surface area contributed by atoms with Gasteiger partial charge in [-0.05, 0) is 36.2 Å². The van der Waals surface area contributed by atoms with Crippen LogP contribution in [-0.2, 0) is 6.42 Å². The normalized spacial score (nSPS) is 10.2. The highest BCUT2D eigenvalue weighted by atomic mass is 19.1. The predicted octanol–water partition coefficient (Wildman–Crippen LogP) is 2.33. The Balaban J connectivity index is 1.84. The van der Waals surface area contributed by atoms with Crippen LogP contribution < -0.4 is 5.32 Å². The molecule has 0 atom stereocenters. The standard InChI is InChI=1S/C14H12F2N2O/c15-12-4-1-10(2-5-12)7-8-17-14(19)11-3-6-13(16)18-9-11/h1-6,9H,7-8H2,(H,17,19). The van der Waals surface area contributed by atoms with Crippen molar-refractivity contribution in [1.29, 1.82) is 0 Å². The van der Waals surface area contributed by atoms with Crippen molar-refractivity contribution >= 4 is 5.91 Å². The average molecular weight is 262 g/mol. The van der Waals surface area contributed by atoms with Crippen LogP contribution in [-0.4, -0.2) is 17.4 Å². The third-order valence-electron chi connectivity index (χ3n) is 2.60. The number of hydrogen-bond donors (Lipinski definition) is 1. The van der Waals surface area contributed by atoms with Gasteiger partial charge in [-0.25, -0.2) is 9.37 Å². The zero-order chi connectivity index (χ0) is 13.7. The Morgan fingerprint density at radius 1 is 1.11 bits per heavy atom. The number of nitrogens with zero attached hydrogens (tertiary/aromatic N) is 1. The highest BCUT2D eigenvalue weighted by molar-refractivity contribution is 5.93. The molecule has 0 fully saturated rings. The molecule has 5 heteroatoms. The van der Waals surface area contributed by atoms with E-state index in [1.165, 1.54) is 24.4 Å². The average Bonchev–Trinajstić information content (AvgIpc) is 2.41. The summed E-state index contributed by atoms with van der Waals surface area (Å²) in [5.41, 5.74) is 1.24. The van der Waals surface area contributed by atoms with Crippen LogP contribution in [0.1, 0.15) is 15.9 Å². The summed E-state index contributed by atoms with van der Waals surface area (Å²) in [7, 11) is 0. The molecule has 1 aromatic carbocycles. The van der Waals surface area contributed by atoms with E-state index in [4.69, 9.17) is 0 Å². The lowest BCUT2D eigenvalue weighted by Crippen LogP contribution is -2.25. The Bertz CT molecular complexity index is 553. The van der Waals surface area contributed by atoms with Gasteiger partial charge in [0.25, 0.3) is 5.91 Å². The van der Waals surface area contributed by atoms with Crippen molar-refractivity contribution in [3.8, 4) is 0 Å². The number of rotatable bonds is 4. The molecule has 1 amide bonds. The van der Waals surface area contributed by atoms with Crippen molar-refractivity contribution in [1.82, 2.24) is 10.3 Å². The number of aromatic nitrogens is 1. The lowest BCUT2D eigenvalue weighted by Gasteiger charge is -2.05. The molecule has 0 saturated heterocycles. The monoisotopic (exact) mass is 262 g/mol. The molecule has 98 valence electrons. The van der Waals surface area contributed by atoms with Crippen LogP contribution >= 0.6 is 0 Å². The molecular weight excluding hydrogens is 250 g/mol. The summed E-state index contributed by atoms with van der Waals surface area (Å²) >= 11 is 0. The van der Waals surface area contributed by atoms with Gasteiger partial charge in [0, 0.05) is 12.7 Å². The summed E-state index contributed by atoms with van der Waals surface area (Å²) < 4.78 is 25.3. The number of nitrogens with one attached hydrogen (secondary N) is 1. The van der Waals surface area contributed by atoms with Crippen LogP contribution in [0.2, 0.25) is 0 Å². The van der Waals surface area contributed by atoms with Gasteiger partial charge in [0.1, 0.15) is 5.82 Å². The zero-order valence-corrected chi connectivity index (χ0v) is 10.1. The Hall–Kier alpha value is -2.30. The number of pyridine rings is 1. The molecule has 0 aliphatic heterocycles. The second kappa shape index (κ2) is 6.04. The number of halogens is 2. The minimum absolute atomic E-state index is 0.287. The first kappa shape index (κ1) is 13.1. The van der Waals surface area contributed by atoms with Crippen LogP contribution in [0, 0.1) is 11.8 Å². The van der Waals surface area contributed by atoms with Crippen molar-refractivity contribution in [2.45, 2.75) is 6.42 Å². The minimum atomic E-state index is -0.622. The maximum absolute atomic E-state index is 12.7. The van der Waals surface area contributed by atoms with E-state index in [-0.39, 0.29) is 11.7 Å². The third kappa shape index (κ3) is 3.84. The van der Waals surface area contributed by atoms with E-state index < -0.39 is 5.95 Å².